The summed E-state index contributed by atoms with van der Waals surface area (Å²) in [4.78, 5) is 23.9. The minimum atomic E-state index is -3.71. The summed E-state index contributed by atoms with van der Waals surface area (Å²) >= 11 is 0. The van der Waals surface area contributed by atoms with Gasteiger partial charge in [0.2, 0.25) is 6.23 Å². The highest BCUT2D eigenvalue weighted by Gasteiger charge is 2.59. The van der Waals surface area contributed by atoms with E-state index in [9.17, 15) is 23.5 Å². The number of aromatic nitrogens is 2. The molecule has 1 aliphatic rings. The van der Waals surface area contributed by atoms with Crippen molar-refractivity contribution in [2.75, 3.05) is 12.3 Å². The van der Waals surface area contributed by atoms with E-state index in [1.165, 1.54) is 5.48 Å². The molecule has 0 aliphatic carbocycles. The van der Waals surface area contributed by atoms with Crippen molar-refractivity contribution in [1.29, 1.82) is 0 Å². The molecule has 138 valence electrons. The van der Waals surface area contributed by atoms with Crippen LogP contribution in [0.2, 0.25) is 0 Å². The van der Waals surface area contributed by atoms with Gasteiger partial charge in [-0.25, -0.2) is 15.1 Å². The Morgan fingerprint density at radius 3 is 2.46 bits per heavy atom. The van der Waals surface area contributed by atoms with Crippen molar-refractivity contribution in [3.8, 4) is 0 Å². The Labute approximate surface area is 139 Å². The molecule has 24 heavy (non-hydrogen) atoms. The van der Waals surface area contributed by atoms with Crippen LogP contribution in [0, 0.1) is 0 Å². The third-order valence-electron chi connectivity index (χ3n) is 2.77. The van der Waals surface area contributed by atoms with Gasteiger partial charge < -0.3 is 26.4 Å². The number of primary amides is 1. The highest BCUT2D eigenvalue weighted by atomic mass is 35.5. The number of hydrogen-bond acceptors (Lipinski definition) is 8. The molecule has 0 spiro atoms. The van der Waals surface area contributed by atoms with Crippen LogP contribution in [0.4, 0.5) is 19.4 Å². The zero-order chi connectivity index (χ0) is 17.8. The standard InChI is InChI=1S/C9H11F2N3O4.CH4N2O2.ClH/c10-9(11)6(16)4(3-15)18-7(9)14-2-1-5(12)13-8(14)17;2-1(4)3-5;/h1-2,4,6-7,15-16H,3H2,(H2,12,13,17);5H,(H3,2,3,4);1H/t4-,6-,7-;;/m1../s1. The van der Waals surface area contributed by atoms with Crippen LogP contribution in [0.3, 0.4) is 0 Å². The van der Waals surface area contributed by atoms with Crippen molar-refractivity contribution in [3.63, 3.8) is 0 Å². The number of alkyl halides is 2. The van der Waals surface area contributed by atoms with Gasteiger partial charge in [-0.3, -0.25) is 9.77 Å². The number of rotatable bonds is 2. The number of nitrogens with zero attached hydrogens (tertiary/aromatic N) is 2. The molecule has 1 saturated heterocycles. The molecule has 1 aromatic rings. The number of nitrogens with two attached hydrogens (primary N) is 2. The van der Waals surface area contributed by atoms with Gasteiger partial charge in [-0.1, -0.05) is 0 Å². The maximum Gasteiger partial charge on any atom is 0.351 e. The van der Waals surface area contributed by atoms with E-state index in [-0.39, 0.29) is 18.2 Å². The van der Waals surface area contributed by atoms with Gasteiger partial charge in [-0.15, -0.1) is 12.4 Å². The third-order valence-corrected chi connectivity index (χ3v) is 2.77. The number of anilines is 1. The molecular weight excluding hydrogens is 360 g/mol. The highest BCUT2D eigenvalue weighted by Crippen LogP contribution is 2.41. The number of nitrogens with one attached hydrogen (secondary N) is 1. The second-order valence-electron chi connectivity index (χ2n) is 4.35. The Bertz CT molecular complexity index is 618. The number of amides is 2. The first-order valence-electron chi connectivity index (χ1n) is 6.01. The molecule has 2 rings (SSSR count). The number of halogens is 3. The topological polar surface area (TPSA) is 186 Å². The fourth-order valence-electron chi connectivity index (χ4n) is 1.72. The quantitative estimate of drug-likeness (QED) is 0.257. The molecule has 0 radical (unpaired) electrons. The highest BCUT2D eigenvalue weighted by molar-refractivity contribution is 5.85. The molecule has 2 amide bonds. The van der Waals surface area contributed by atoms with Gasteiger partial charge in [0.15, 0.2) is 6.10 Å². The zero-order valence-corrected chi connectivity index (χ0v) is 12.7. The average molecular weight is 376 g/mol. The maximum atomic E-state index is 13.7. The lowest BCUT2D eigenvalue weighted by molar-refractivity contribution is -0.140. The molecule has 1 aromatic heterocycles. The summed E-state index contributed by atoms with van der Waals surface area (Å²) in [5, 5.41) is 25.5. The molecule has 0 saturated carbocycles. The van der Waals surface area contributed by atoms with Gasteiger partial charge >= 0.3 is 17.6 Å². The Morgan fingerprint density at radius 1 is 1.54 bits per heavy atom. The first-order valence-corrected chi connectivity index (χ1v) is 6.01. The minimum Gasteiger partial charge on any atom is -0.394 e. The SMILES string of the molecule is Cl.NC(=O)NO.Nc1ccn([C@@H]2O[C@H](CO)[C@@H](O)C2(F)F)c(=O)n1. The van der Waals surface area contributed by atoms with Crippen molar-refractivity contribution in [2.45, 2.75) is 24.4 Å². The summed E-state index contributed by atoms with van der Waals surface area (Å²) in [5.74, 6) is -3.83. The first kappa shape index (κ1) is 21.9. The van der Waals surface area contributed by atoms with E-state index in [0.717, 1.165) is 12.3 Å². The summed E-state index contributed by atoms with van der Waals surface area (Å²) in [7, 11) is 0. The maximum absolute atomic E-state index is 13.7. The van der Waals surface area contributed by atoms with Crippen LogP contribution in [-0.4, -0.2) is 55.7 Å². The van der Waals surface area contributed by atoms with E-state index in [0.29, 0.717) is 4.57 Å². The average Bonchev–Trinajstić information content (AvgIpc) is 2.71. The number of urea groups is 1. The molecule has 11 nitrogen and oxygen atoms in total. The van der Waals surface area contributed by atoms with Gasteiger partial charge in [0.25, 0.3) is 0 Å². The van der Waals surface area contributed by atoms with Crippen molar-refractivity contribution >= 4 is 24.3 Å². The third kappa shape index (κ3) is 4.72. The van der Waals surface area contributed by atoms with Gasteiger partial charge in [0.1, 0.15) is 11.9 Å². The van der Waals surface area contributed by atoms with Gasteiger partial charge in [0, 0.05) is 6.20 Å². The van der Waals surface area contributed by atoms with E-state index in [2.05, 4.69) is 10.7 Å². The van der Waals surface area contributed by atoms with E-state index >= 15 is 0 Å². The molecule has 0 aromatic carbocycles. The predicted molar refractivity (Wildman–Crippen MR) is 76.6 cm³/mol. The lowest BCUT2D eigenvalue weighted by Gasteiger charge is -2.20. The zero-order valence-electron chi connectivity index (χ0n) is 11.9. The molecule has 8 N–H and O–H groups in total. The van der Waals surface area contributed by atoms with Crippen LogP contribution >= 0.6 is 12.4 Å². The summed E-state index contributed by atoms with van der Waals surface area (Å²) in [6.07, 6.45) is -4.69. The molecular formula is C10H16ClF2N5O6. The van der Waals surface area contributed by atoms with Crippen molar-refractivity contribution < 1.29 is 33.7 Å². The van der Waals surface area contributed by atoms with Crippen LogP contribution in [-0.2, 0) is 4.74 Å². The number of aliphatic hydroxyl groups excluding tert-OH is 2. The Hall–Kier alpha value is -2.06. The first-order chi connectivity index (χ1) is 10.6. The molecule has 2 heterocycles. The Balaban J connectivity index is 0.000000777. The van der Waals surface area contributed by atoms with E-state index in [1.807, 2.05) is 0 Å². The van der Waals surface area contributed by atoms with E-state index < -0.39 is 42.7 Å². The second kappa shape index (κ2) is 8.70. The second-order valence-corrected chi connectivity index (χ2v) is 4.35. The van der Waals surface area contributed by atoms with Gasteiger partial charge in [-0.2, -0.15) is 13.8 Å². The van der Waals surface area contributed by atoms with Crippen LogP contribution in [0.15, 0.2) is 17.1 Å². The van der Waals surface area contributed by atoms with Gasteiger partial charge in [0.05, 0.1) is 6.61 Å². The Kier molecular flexibility index (Phi) is 7.95. The van der Waals surface area contributed by atoms with Crippen LogP contribution in [0.25, 0.3) is 0 Å². The predicted octanol–water partition coefficient (Wildman–Crippen LogP) is -1.82. The largest absolute Gasteiger partial charge is 0.394 e. The number of hydroxylamine groups is 1. The molecule has 14 heteroatoms. The Morgan fingerprint density at radius 2 is 2.08 bits per heavy atom. The van der Waals surface area contributed by atoms with E-state index in [1.54, 1.807) is 0 Å². The number of aliphatic hydroxyl groups is 2. The number of nitrogen functional groups attached to an aromatic ring is 1. The molecule has 0 unspecified atom stereocenters. The number of ether oxygens (including phenoxy) is 1. The summed E-state index contributed by atoms with van der Waals surface area (Å²) < 4.78 is 32.7. The molecule has 1 fully saturated rings. The van der Waals surface area contributed by atoms with Crippen LogP contribution < -0.4 is 22.6 Å². The lowest BCUT2D eigenvalue weighted by atomic mass is 10.1. The molecule has 3 atom stereocenters. The fourth-order valence-corrected chi connectivity index (χ4v) is 1.72. The van der Waals surface area contributed by atoms with Crippen LogP contribution in [0.1, 0.15) is 6.23 Å². The number of hydrogen-bond donors (Lipinski definition) is 6. The van der Waals surface area contributed by atoms with Gasteiger partial charge in [-0.05, 0) is 6.07 Å². The summed E-state index contributed by atoms with van der Waals surface area (Å²) in [5.41, 5.74) is 9.67. The smallest absolute Gasteiger partial charge is 0.351 e. The fraction of sp³-hybridized carbons (Fsp3) is 0.500. The van der Waals surface area contributed by atoms with E-state index in [4.69, 9.17) is 20.8 Å². The monoisotopic (exact) mass is 375 g/mol. The van der Waals surface area contributed by atoms with Crippen molar-refractivity contribution in [3.05, 3.63) is 22.7 Å². The van der Waals surface area contributed by atoms with Crippen molar-refractivity contribution in [1.82, 2.24) is 15.0 Å². The molecule has 1 aliphatic heterocycles. The lowest BCUT2D eigenvalue weighted by Crippen LogP contribution is -2.41. The number of carbonyl (C=O) groups is 1. The summed E-state index contributed by atoms with van der Waals surface area (Å²) in [6.45, 7) is -0.787. The number of carbonyl (C=O) groups excluding carboxylic acids is 1. The molecule has 0 bridgehead atoms. The summed E-state index contributed by atoms with van der Waals surface area (Å²) in [6, 6.07) is 0.212. The normalized spacial score (nSPS) is 24.3. The van der Waals surface area contributed by atoms with Crippen LogP contribution in [0.5, 0.6) is 0 Å². The minimum absolute atomic E-state index is 0. The van der Waals surface area contributed by atoms with Crippen molar-refractivity contribution in [2.24, 2.45) is 5.73 Å².